The molecule has 0 radical (unpaired) electrons. The van der Waals surface area contributed by atoms with Crippen molar-refractivity contribution in [1.29, 1.82) is 0 Å². The first-order valence-corrected chi connectivity index (χ1v) is 9.17. The fourth-order valence-corrected chi connectivity index (χ4v) is 2.78. The van der Waals surface area contributed by atoms with E-state index in [1.807, 2.05) is 18.2 Å². The summed E-state index contributed by atoms with van der Waals surface area (Å²) in [5.41, 5.74) is 2.52. The van der Waals surface area contributed by atoms with Crippen molar-refractivity contribution >= 4 is 16.0 Å². The van der Waals surface area contributed by atoms with E-state index in [2.05, 4.69) is 20.3 Å². The highest BCUT2D eigenvalue weighted by Gasteiger charge is 2.07. The van der Waals surface area contributed by atoms with E-state index >= 15 is 0 Å². The number of sulfonamides is 1. The maximum absolute atomic E-state index is 11.2. The van der Waals surface area contributed by atoms with E-state index in [-0.39, 0.29) is 4.90 Å². The van der Waals surface area contributed by atoms with Crippen LogP contribution in [0.2, 0.25) is 0 Å². The number of anilines is 1. The molecule has 0 saturated heterocycles. The molecule has 0 spiro atoms. The third kappa shape index (κ3) is 4.59. The molecule has 0 aliphatic rings. The number of nitrogens with zero attached hydrogens (tertiary/aromatic N) is 3. The molecule has 0 unspecified atom stereocenters. The van der Waals surface area contributed by atoms with E-state index in [1.54, 1.807) is 30.6 Å². The molecule has 0 aliphatic carbocycles. The van der Waals surface area contributed by atoms with Crippen molar-refractivity contribution < 1.29 is 8.42 Å². The number of hydrogen-bond acceptors (Lipinski definition) is 6. The lowest BCUT2D eigenvalue weighted by Gasteiger charge is -2.07. The molecule has 0 aliphatic heterocycles. The van der Waals surface area contributed by atoms with Crippen LogP contribution >= 0.6 is 0 Å². The maximum Gasteiger partial charge on any atom is 0.238 e. The quantitative estimate of drug-likeness (QED) is 0.698. The molecule has 3 aromatic rings. The van der Waals surface area contributed by atoms with Crippen LogP contribution in [0, 0.1) is 0 Å². The Labute approximate surface area is 146 Å². The molecule has 2 aromatic heterocycles. The van der Waals surface area contributed by atoms with Gasteiger partial charge in [0.15, 0.2) is 0 Å². The van der Waals surface area contributed by atoms with Crippen LogP contribution in [0.15, 0.2) is 65.8 Å². The standard InChI is InChI=1S/C17H17N5O2S/c18-25(23,24)14-6-4-13(5-7-14)8-11-20-17-21-12-9-16(22-17)15-3-1-2-10-19-15/h1-7,9-10,12H,8,11H2,(H2,18,23,24)(H,20,21,22). The second-order valence-electron chi connectivity index (χ2n) is 5.35. The van der Waals surface area contributed by atoms with Crippen molar-refractivity contribution in [2.45, 2.75) is 11.3 Å². The molecule has 3 rings (SSSR count). The highest BCUT2D eigenvalue weighted by atomic mass is 32.2. The van der Waals surface area contributed by atoms with Crippen molar-refractivity contribution in [3.05, 3.63) is 66.5 Å². The van der Waals surface area contributed by atoms with Crippen molar-refractivity contribution in [3.63, 3.8) is 0 Å². The average Bonchev–Trinajstić information content (AvgIpc) is 2.62. The zero-order chi connectivity index (χ0) is 17.7. The van der Waals surface area contributed by atoms with Gasteiger partial charge >= 0.3 is 0 Å². The third-order valence-corrected chi connectivity index (χ3v) is 4.46. The predicted molar refractivity (Wildman–Crippen MR) is 95.3 cm³/mol. The van der Waals surface area contributed by atoms with Crippen LogP contribution in [0.4, 0.5) is 5.95 Å². The summed E-state index contributed by atoms with van der Waals surface area (Å²) in [6.07, 6.45) is 4.10. The van der Waals surface area contributed by atoms with Crippen LogP contribution in [0.1, 0.15) is 5.56 Å². The highest BCUT2D eigenvalue weighted by Crippen LogP contribution is 2.14. The molecule has 1 aromatic carbocycles. The van der Waals surface area contributed by atoms with E-state index in [0.717, 1.165) is 17.0 Å². The van der Waals surface area contributed by atoms with Gasteiger partial charge in [-0.2, -0.15) is 0 Å². The normalized spacial score (nSPS) is 11.2. The summed E-state index contributed by atoms with van der Waals surface area (Å²) in [4.78, 5) is 13.0. The van der Waals surface area contributed by atoms with Crippen molar-refractivity contribution in [2.24, 2.45) is 5.14 Å². The minimum absolute atomic E-state index is 0.107. The van der Waals surface area contributed by atoms with Crippen molar-refractivity contribution in [1.82, 2.24) is 15.0 Å². The lowest BCUT2D eigenvalue weighted by Crippen LogP contribution is -2.12. The molecule has 0 amide bonds. The summed E-state index contributed by atoms with van der Waals surface area (Å²) in [6.45, 7) is 0.612. The summed E-state index contributed by atoms with van der Waals surface area (Å²) < 4.78 is 22.5. The molecular formula is C17H17N5O2S. The Morgan fingerprint density at radius 2 is 1.72 bits per heavy atom. The van der Waals surface area contributed by atoms with Crippen LogP contribution in [0.25, 0.3) is 11.4 Å². The van der Waals surface area contributed by atoms with Crippen LogP contribution in [0.5, 0.6) is 0 Å². The van der Waals surface area contributed by atoms with Crippen molar-refractivity contribution in [3.8, 4) is 11.4 Å². The number of hydrogen-bond donors (Lipinski definition) is 2. The van der Waals surface area contributed by atoms with Gasteiger partial charge in [0.05, 0.1) is 16.3 Å². The van der Waals surface area contributed by atoms with Crippen LogP contribution in [0.3, 0.4) is 0 Å². The zero-order valence-electron chi connectivity index (χ0n) is 13.3. The monoisotopic (exact) mass is 355 g/mol. The first kappa shape index (κ1) is 17.0. The van der Waals surface area contributed by atoms with Crippen LogP contribution in [-0.4, -0.2) is 29.9 Å². The van der Waals surface area contributed by atoms with Gasteiger partial charge in [-0.3, -0.25) is 4.98 Å². The summed E-state index contributed by atoms with van der Waals surface area (Å²) in [5, 5.41) is 8.24. The van der Waals surface area contributed by atoms with E-state index in [0.29, 0.717) is 18.9 Å². The maximum atomic E-state index is 11.2. The number of pyridine rings is 1. The molecule has 0 fully saturated rings. The van der Waals surface area contributed by atoms with Gasteiger partial charge in [-0.1, -0.05) is 18.2 Å². The summed E-state index contributed by atoms with van der Waals surface area (Å²) >= 11 is 0. The minimum Gasteiger partial charge on any atom is -0.354 e. The van der Waals surface area contributed by atoms with Gasteiger partial charge in [-0.05, 0) is 42.3 Å². The third-order valence-electron chi connectivity index (χ3n) is 3.53. The Bertz CT molecular complexity index is 944. The Kier molecular flexibility index (Phi) is 5.01. The molecule has 0 atom stereocenters. The second-order valence-corrected chi connectivity index (χ2v) is 6.91. The lowest BCUT2D eigenvalue weighted by atomic mass is 10.1. The Morgan fingerprint density at radius 1 is 0.920 bits per heavy atom. The van der Waals surface area contributed by atoms with E-state index in [9.17, 15) is 8.42 Å². The average molecular weight is 355 g/mol. The summed E-state index contributed by atoms with van der Waals surface area (Å²) in [7, 11) is -3.66. The molecule has 2 heterocycles. The zero-order valence-corrected chi connectivity index (χ0v) is 14.1. The van der Waals surface area contributed by atoms with E-state index < -0.39 is 10.0 Å². The number of benzene rings is 1. The highest BCUT2D eigenvalue weighted by molar-refractivity contribution is 7.89. The molecule has 8 heteroatoms. The summed E-state index contributed by atoms with van der Waals surface area (Å²) in [6, 6.07) is 13.9. The molecule has 0 saturated carbocycles. The Balaban J connectivity index is 1.61. The summed E-state index contributed by atoms with van der Waals surface area (Å²) in [5.74, 6) is 0.518. The lowest BCUT2D eigenvalue weighted by molar-refractivity contribution is 0.598. The Hall–Kier alpha value is -2.84. The predicted octanol–water partition coefficient (Wildman–Crippen LogP) is 1.84. The molecule has 0 bridgehead atoms. The fourth-order valence-electron chi connectivity index (χ4n) is 2.27. The van der Waals surface area contributed by atoms with Gasteiger partial charge < -0.3 is 5.32 Å². The van der Waals surface area contributed by atoms with Gasteiger partial charge in [0.25, 0.3) is 0 Å². The molecular weight excluding hydrogens is 338 g/mol. The van der Waals surface area contributed by atoms with Gasteiger partial charge in [-0.15, -0.1) is 0 Å². The smallest absolute Gasteiger partial charge is 0.238 e. The van der Waals surface area contributed by atoms with Gasteiger partial charge in [0, 0.05) is 18.9 Å². The SMILES string of the molecule is NS(=O)(=O)c1ccc(CCNc2nccc(-c3ccccn3)n2)cc1. The second kappa shape index (κ2) is 7.37. The topological polar surface area (TPSA) is 111 Å². The van der Waals surface area contributed by atoms with Crippen LogP contribution in [-0.2, 0) is 16.4 Å². The number of nitrogens with two attached hydrogens (primary N) is 1. The largest absolute Gasteiger partial charge is 0.354 e. The molecule has 7 nitrogen and oxygen atoms in total. The Morgan fingerprint density at radius 3 is 2.40 bits per heavy atom. The van der Waals surface area contributed by atoms with Gasteiger partial charge in [0.1, 0.15) is 0 Å². The number of rotatable bonds is 6. The molecule has 25 heavy (non-hydrogen) atoms. The number of nitrogens with one attached hydrogen (secondary N) is 1. The first-order chi connectivity index (χ1) is 12.0. The minimum atomic E-state index is -3.66. The van der Waals surface area contributed by atoms with Crippen LogP contribution < -0.4 is 10.5 Å². The van der Waals surface area contributed by atoms with E-state index in [4.69, 9.17) is 5.14 Å². The molecule has 3 N–H and O–H groups in total. The number of primary sulfonamides is 1. The van der Waals surface area contributed by atoms with Gasteiger partial charge in [-0.25, -0.2) is 23.5 Å². The fraction of sp³-hybridized carbons (Fsp3) is 0.118. The molecule has 128 valence electrons. The van der Waals surface area contributed by atoms with Crippen molar-refractivity contribution in [2.75, 3.05) is 11.9 Å². The van der Waals surface area contributed by atoms with E-state index in [1.165, 1.54) is 12.1 Å². The number of aromatic nitrogens is 3. The first-order valence-electron chi connectivity index (χ1n) is 7.62. The van der Waals surface area contributed by atoms with Gasteiger partial charge in [0.2, 0.25) is 16.0 Å².